The molecule has 2 atom stereocenters. The minimum absolute atomic E-state index is 0.0189. The van der Waals surface area contributed by atoms with Crippen molar-refractivity contribution in [2.45, 2.75) is 6.23 Å². The summed E-state index contributed by atoms with van der Waals surface area (Å²) in [5.41, 5.74) is -0.429. The van der Waals surface area contributed by atoms with Gasteiger partial charge in [0.05, 0.1) is 12.2 Å². The first-order valence-electron chi connectivity index (χ1n) is 5.98. The van der Waals surface area contributed by atoms with Crippen LogP contribution in [0.1, 0.15) is 0 Å². The Morgan fingerprint density at radius 2 is 2.24 bits per heavy atom. The first kappa shape index (κ1) is 15.1. The number of nitrogens with one attached hydrogen (secondary N) is 1. The summed E-state index contributed by atoms with van der Waals surface area (Å²) in [5, 5.41) is 12.7. The van der Waals surface area contributed by atoms with Crippen LogP contribution < -0.4 is 5.32 Å². The van der Waals surface area contributed by atoms with Gasteiger partial charge in [-0.15, -0.1) is 11.6 Å². The summed E-state index contributed by atoms with van der Waals surface area (Å²) in [6.07, 6.45) is -0.171. The number of anilines is 1. The normalized spacial score (nSPS) is 22.0. The lowest BCUT2D eigenvalue weighted by Gasteiger charge is -2.16. The third kappa shape index (κ3) is 2.91. The van der Waals surface area contributed by atoms with Crippen LogP contribution in [0.3, 0.4) is 0 Å². The van der Waals surface area contributed by atoms with Gasteiger partial charge in [0, 0.05) is 0 Å². The van der Waals surface area contributed by atoms with Crippen molar-refractivity contribution < 1.29 is 28.3 Å². The van der Waals surface area contributed by atoms with E-state index in [0.29, 0.717) is 0 Å². The van der Waals surface area contributed by atoms with E-state index in [9.17, 15) is 23.5 Å². The second-order valence-corrected chi connectivity index (χ2v) is 4.28. The maximum atomic E-state index is 13.4. The van der Waals surface area contributed by atoms with Gasteiger partial charge in [0.1, 0.15) is 0 Å². The zero-order chi connectivity index (χ0) is 15.6. The van der Waals surface area contributed by atoms with Gasteiger partial charge in [-0.2, -0.15) is 0 Å². The summed E-state index contributed by atoms with van der Waals surface area (Å²) >= 11 is 0. The Kier molecular flexibility index (Phi) is 4.29. The lowest BCUT2D eigenvalue weighted by molar-refractivity contribution is -0.189. The summed E-state index contributed by atoms with van der Waals surface area (Å²) in [4.78, 5) is 28.2. The van der Waals surface area contributed by atoms with Crippen molar-refractivity contribution >= 4 is 17.6 Å². The van der Waals surface area contributed by atoms with E-state index in [-0.39, 0.29) is 6.54 Å². The molecule has 112 valence electrons. The maximum Gasteiger partial charge on any atom is 0.341 e. The average molecular weight is 298 g/mol. The Balaban J connectivity index is 2.15. The molecule has 1 aromatic rings. The van der Waals surface area contributed by atoms with Crippen molar-refractivity contribution in [1.82, 2.24) is 5.06 Å². The smallest absolute Gasteiger partial charge is 0.341 e. The molecule has 0 bridgehead atoms. The number of carbonyl (C=O) groups excluding carboxylic acids is 2. The van der Waals surface area contributed by atoms with Gasteiger partial charge in [0.25, 0.3) is 0 Å². The number of hydrogen-bond donors (Lipinski definition) is 2. The van der Waals surface area contributed by atoms with Crippen LogP contribution in [0, 0.1) is 17.6 Å². The van der Waals surface area contributed by atoms with Gasteiger partial charge in [-0.3, -0.25) is 4.79 Å². The molecule has 0 saturated carbocycles. The fourth-order valence-corrected chi connectivity index (χ4v) is 1.84. The number of aliphatic hydroxyl groups excluding tert-OH is 1. The summed E-state index contributed by atoms with van der Waals surface area (Å²) < 4.78 is 26.5. The van der Waals surface area contributed by atoms with Crippen molar-refractivity contribution in [1.29, 1.82) is 0 Å². The number of hydrogen-bond acceptors (Lipinski definition) is 5. The van der Waals surface area contributed by atoms with E-state index in [0.717, 1.165) is 17.2 Å². The Bertz CT molecular complexity index is 594. The summed E-state index contributed by atoms with van der Waals surface area (Å²) in [5.74, 6) is -5.94. The van der Waals surface area contributed by atoms with Gasteiger partial charge in [0.2, 0.25) is 5.91 Å². The van der Waals surface area contributed by atoms with Gasteiger partial charge < -0.3 is 15.3 Å². The monoisotopic (exact) mass is 298 g/mol. The SMILES string of the molecule is C=CCN1OC(=O)C(C(=O)Nc2cccc(F)c2F)C1O. The van der Waals surface area contributed by atoms with Crippen molar-refractivity contribution in [3.8, 4) is 0 Å². The van der Waals surface area contributed by atoms with E-state index in [1.54, 1.807) is 0 Å². The number of benzene rings is 1. The zero-order valence-corrected chi connectivity index (χ0v) is 10.8. The van der Waals surface area contributed by atoms with Crippen LogP contribution in [0.15, 0.2) is 30.9 Å². The lowest BCUT2D eigenvalue weighted by Crippen LogP contribution is -2.38. The Labute approximate surface area is 118 Å². The molecule has 2 unspecified atom stereocenters. The van der Waals surface area contributed by atoms with E-state index in [1.807, 2.05) is 5.32 Å². The molecule has 6 nitrogen and oxygen atoms in total. The molecule has 1 aliphatic rings. The third-order valence-corrected chi connectivity index (χ3v) is 2.86. The third-order valence-electron chi connectivity index (χ3n) is 2.86. The molecule has 1 aromatic carbocycles. The van der Waals surface area contributed by atoms with E-state index in [1.165, 1.54) is 12.1 Å². The number of carbonyl (C=O) groups is 2. The number of halogens is 2. The highest BCUT2D eigenvalue weighted by atomic mass is 19.2. The number of rotatable bonds is 4. The van der Waals surface area contributed by atoms with Crippen LogP contribution in [-0.2, 0) is 14.4 Å². The van der Waals surface area contributed by atoms with Crippen LogP contribution in [0.25, 0.3) is 0 Å². The Morgan fingerprint density at radius 1 is 1.52 bits per heavy atom. The standard InChI is InChI=1S/C13H12F2N2O4/c1-2-6-17-12(19)9(13(20)21-17)11(18)16-8-5-3-4-7(14)10(8)15/h2-5,9,12,19H,1,6H2,(H,16,18). The fraction of sp³-hybridized carbons (Fsp3) is 0.231. The molecule has 21 heavy (non-hydrogen) atoms. The molecule has 1 heterocycles. The van der Waals surface area contributed by atoms with Crippen LogP contribution in [0.2, 0.25) is 0 Å². The van der Waals surface area contributed by atoms with E-state index >= 15 is 0 Å². The molecule has 0 spiro atoms. The van der Waals surface area contributed by atoms with E-state index < -0.39 is 41.3 Å². The molecule has 0 radical (unpaired) electrons. The van der Waals surface area contributed by atoms with Crippen molar-refractivity contribution in [2.75, 3.05) is 11.9 Å². The molecule has 1 fully saturated rings. The van der Waals surface area contributed by atoms with Crippen LogP contribution in [0.5, 0.6) is 0 Å². The van der Waals surface area contributed by atoms with Crippen molar-refractivity contribution in [3.63, 3.8) is 0 Å². The van der Waals surface area contributed by atoms with Gasteiger partial charge in [-0.25, -0.2) is 13.6 Å². The topological polar surface area (TPSA) is 78.9 Å². The fourth-order valence-electron chi connectivity index (χ4n) is 1.84. The molecular weight excluding hydrogens is 286 g/mol. The predicted octanol–water partition coefficient (Wildman–Crippen LogP) is 0.798. The second kappa shape index (κ2) is 5.98. The van der Waals surface area contributed by atoms with Crippen LogP contribution in [0.4, 0.5) is 14.5 Å². The average Bonchev–Trinajstić information content (AvgIpc) is 2.70. The minimum Gasteiger partial charge on any atom is -0.374 e. The van der Waals surface area contributed by atoms with Crippen LogP contribution in [-0.4, -0.2) is 34.8 Å². The van der Waals surface area contributed by atoms with Crippen molar-refractivity contribution in [3.05, 3.63) is 42.5 Å². The number of nitrogens with zero attached hydrogens (tertiary/aromatic N) is 1. The molecule has 0 aliphatic carbocycles. The highest BCUT2D eigenvalue weighted by molar-refractivity contribution is 6.05. The van der Waals surface area contributed by atoms with Gasteiger partial charge in [-0.05, 0) is 12.1 Å². The highest BCUT2D eigenvalue weighted by Gasteiger charge is 2.47. The number of aliphatic hydroxyl groups is 1. The molecule has 1 amide bonds. The molecule has 1 saturated heterocycles. The van der Waals surface area contributed by atoms with Gasteiger partial charge >= 0.3 is 5.97 Å². The van der Waals surface area contributed by atoms with E-state index in [4.69, 9.17) is 0 Å². The Hall–Kier alpha value is -2.32. The van der Waals surface area contributed by atoms with Gasteiger partial charge in [0.15, 0.2) is 23.8 Å². The van der Waals surface area contributed by atoms with Gasteiger partial charge in [-0.1, -0.05) is 12.1 Å². The number of hydroxylamine groups is 2. The summed E-state index contributed by atoms with van der Waals surface area (Å²) in [7, 11) is 0. The van der Waals surface area contributed by atoms with Crippen molar-refractivity contribution in [2.24, 2.45) is 5.92 Å². The lowest BCUT2D eigenvalue weighted by atomic mass is 10.1. The molecule has 0 aromatic heterocycles. The molecule has 2 rings (SSSR count). The molecule has 8 heteroatoms. The Morgan fingerprint density at radius 3 is 2.90 bits per heavy atom. The number of amides is 1. The summed E-state index contributed by atoms with van der Waals surface area (Å²) in [6, 6.07) is 3.21. The maximum absolute atomic E-state index is 13.4. The highest BCUT2D eigenvalue weighted by Crippen LogP contribution is 2.24. The molecular formula is C13H12F2N2O4. The minimum atomic E-state index is -1.56. The first-order chi connectivity index (χ1) is 9.95. The predicted molar refractivity (Wildman–Crippen MR) is 67.5 cm³/mol. The summed E-state index contributed by atoms with van der Waals surface area (Å²) in [6.45, 7) is 3.43. The molecule has 1 aliphatic heterocycles. The second-order valence-electron chi connectivity index (χ2n) is 4.28. The van der Waals surface area contributed by atoms with E-state index in [2.05, 4.69) is 11.4 Å². The quantitative estimate of drug-likeness (QED) is 0.635. The van der Waals surface area contributed by atoms with Crippen LogP contribution >= 0.6 is 0 Å². The largest absolute Gasteiger partial charge is 0.374 e. The zero-order valence-electron chi connectivity index (χ0n) is 10.8. The first-order valence-corrected chi connectivity index (χ1v) is 5.98. The molecule has 2 N–H and O–H groups in total.